The largest absolute Gasteiger partial charge is 0.353 e. The van der Waals surface area contributed by atoms with Gasteiger partial charge in [0.25, 0.3) is 0 Å². The molecule has 96 heavy (non-hydrogen) atoms. The quantitative estimate of drug-likeness (QED) is 0.145. The van der Waals surface area contributed by atoms with Crippen LogP contribution in [0, 0.1) is 41.5 Å². The number of pyridine rings is 4. The normalized spacial score (nSPS) is 17.6. The van der Waals surface area contributed by atoms with E-state index in [1.54, 1.807) is 0 Å². The molecule has 0 spiro atoms. The molecule has 4 atom stereocenters. The van der Waals surface area contributed by atoms with Gasteiger partial charge < -0.3 is 39.2 Å². The highest BCUT2D eigenvalue weighted by Crippen LogP contribution is 2.41. The van der Waals surface area contributed by atoms with Gasteiger partial charge in [-0.05, 0) is 194 Å². The van der Waals surface area contributed by atoms with Crippen LogP contribution in [0.5, 0.6) is 0 Å². The van der Waals surface area contributed by atoms with Crippen LogP contribution in [-0.2, 0) is 0 Å². The van der Waals surface area contributed by atoms with Gasteiger partial charge in [-0.15, -0.1) is 0 Å². The van der Waals surface area contributed by atoms with Crippen LogP contribution < -0.4 is 34.3 Å². The highest BCUT2D eigenvalue weighted by Gasteiger charge is 2.33. The summed E-state index contributed by atoms with van der Waals surface area (Å²) in [6.45, 7) is 27.9. The fourth-order valence-corrected chi connectivity index (χ4v) is 14.4. The summed E-state index contributed by atoms with van der Waals surface area (Å²) in [5.74, 6) is 1.01. The summed E-state index contributed by atoms with van der Waals surface area (Å²) < 4.78 is 8.23. The van der Waals surface area contributed by atoms with E-state index in [2.05, 4.69) is 308 Å². The maximum Gasteiger partial charge on any atom is 0.137 e. The van der Waals surface area contributed by atoms with Crippen LogP contribution in [-0.4, -0.2) is 55.5 Å². The Labute approximate surface area is 567 Å². The number of benzene rings is 8. The lowest BCUT2D eigenvalue weighted by molar-refractivity contribution is 0.263. The predicted molar refractivity (Wildman–Crippen MR) is 406 cm³/mol. The van der Waals surface area contributed by atoms with Crippen LogP contribution >= 0.6 is 0 Å². The Hall–Kier alpha value is -11.0. The lowest BCUT2D eigenvalue weighted by Gasteiger charge is -2.33. The number of aryl methyl sites for hydroxylation is 6. The maximum absolute atomic E-state index is 8.23. The summed E-state index contributed by atoms with van der Waals surface area (Å²) in [6, 6.07) is 62.9. The highest BCUT2D eigenvalue weighted by atomic mass is 15.4. The van der Waals surface area contributed by atoms with Crippen molar-refractivity contribution in [3.8, 4) is 0 Å². The van der Waals surface area contributed by atoms with E-state index >= 15 is 0 Å². The van der Waals surface area contributed by atoms with E-state index in [0.29, 0.717) is 0 Å². The second-order valence-corrected chi connectivity index (χ2v) is 25.6. The Balaban J connectivity index is 0.000000117. The molecule has 0 bridgehead atoms. The second kappa shape index (κ2) is 27.2. The molecule has 8 heterocycles. The third-order valence-electron chi connectivity index (χ3n) is 19.6. The van der Waals surface area contributed by atoms with Crippen molar-refractivity contribution in [3.63, 3.8) is 0 Å². The molecule has 0 N–H and O–H groups in total. The monoisotopic (exact) mass is 1260 g/mol. The van der Waals surface area contributed by atoms with Crippen molar-refractivity contribution in [2.75, 3.05) is 34.3 Å². The Morgan fingerprint density at radius 1 is 0.365 bits per heavy atom. The standard InChI is InChI=1S/C24H21N3.C23H25N3.C20H19N3.C17H21N3/c1-17-21-11-5-4-9-20(21)16-25-24(17)27-15-14-26(18(27)2)23-13-7-10-19-8-3-6-12-22(19)23;1-15-8-6-9-16(2)23(15)25-14-17(3)26(19(25)5)22-12-11-21-20(18(22)4)10-7-13-24-21;1-15-19-10-11-21-14-17(19)8-9-20(15)23-13-12-22(16(23)2)18-6-4-3-5-7-18;1-12(2)19-9-10-20(14(19)4)17-11-18-16-8-6-5-7-15(16)13(17)3/h3-16,18H,1-2H3;6-14,19H,1-5H3;3-14,16H,1-2H3;5-12,14H,1-4H3/t18-;19-;16-;14-/m0000/s1/i;;;12D. The van der Waals surface area contributed by atoms with Crippen LogP contribution in [0.1, 0.15) is 83.2 Å². The van der Waals surface area contributed by atoms with Gasteiger partial charge in [0.2, 0.25) is 0 Å². The molecule has 0 fully saturated rings. The lowest BCUT2D eigenvalue weighted by Crippen LogP contribution is -2.39. The van der Waals surface area contributed by atoms with Crippen molar-refractivity contribution in [3.05, 3.63) is 295 Å². The minimum atomic E-state index is -0.636. The van der Waals surface area contributed by atoms with Crippen molar-refractivity contribution in [2.45, 2.75) is 121 Å². The molecular weight excluding hydrogens is 1180 g/mol. The molecule has 12 heteroatoms. The molecule has 4 aliphatic heterocycles. The molecule has 16 rings (SSSR count). The van der Waals surface area contributed by atoms with Crippen molar-refractivity contribution in [2.24, 2.45) is 0 Å². The first-order valence-corrected chi connectivity index (χ1v) is 33.3. The van der Waals surface area contributed by atoms with Gasteiger partial charge in [-0.3, -0.25) is 15.0 Å². The molecule has 482 valence electrons. The highest BCUT2D eigenvalue weighted by molar-refractivity contribution is 5.96. The molecule has 12 aromatic rings. The first-order chi connectivity index (χ1) is 46.9. The number of para-hydroxylation sites is 3. The fourth-order valence-electron chi connectivity index (χ4n) is 14.4. The molecule has 12 nitrogen and oxygen atoms in total. The van der Waals surface area contributed by atoms with Crippen LogP contribution in [0.3, 0.4) is 0 Å². The van der Waals surface area contributed by atoms with Gasteiger partial charge >= 0.3 is 0 Å². The summed E-state index contributed by atoms with van der Waals surface area (Å²) >= 11 is 0. The summed E-state index contributed by atoms with van der Waals surface area (Å²) in [4.78, 5) is 36.3. The number of nitrogens with zero attached hydrogens (tertiary/aromatic N) is 12. The van der Waals surface area contributed by atoms with E-state index in [9.17, 15) is 0 Å². The molecule has 0 saturated heterocycles. The zero-order valence-electron chi connectivity index (χ0n) is 58.4. The van der Waals surface area contributed by atoms with Crippen molar-refractivity contribution in [1.29, 1.82) is 0 Å². The number of allylic oxidation sites excluding steroid dienone is 1. The topological polar surface area (TPSA) is 77.5 Å². The van der Waals surface area contributed by atoms with Gasteiger partial charge in [-0.1, -0.05) is 127 Å². The van der Waals surface area contributed by atoms with E-state index in [1.165, 1.54) is 111 Å². The number of hydrogen-bond acceptors (Lipinski definition) is 12. The first kappa shape index (κ1) is 62.5. The van der Waals surface area contributed by atoms with E-state index in [-0.39, 0.29) is 24.7 Å². The van der Waals surface area contributed by atoms with Crippen LogP contribution in [0.15, 0.2) is 262 Å². The Bertz CT molecular complexity index is 4990. The average molecular weight is 1260 g/mol. The van der Waals surface area contributed by atoms with Gasteiger partial charge in [0.1, 0.15) is 30.5 Å². The van der Waals surface area contributed by atoms with E-state index in [4.69, 9.17) is 6.35 Å². The molecule has 0 radical (unpaired) electrons. The van der Waals surface area contributed by atoms with Crippen molar-refractivity contribution >= 4 is 94.1 Å². The number of fused-ring (bicyclic) bond motifs is 5. The summed E-state index contributed by atoms with van der Waals surface area (Å²) in [5, 5.41) is 9.80. The Kier molecular flexibility index (Phi) is 17.7. The molecule has 0 aliphatic carbocycles. The average Bonchev–Trinajstić information content (AvgIpc) is 1.69. The molecule has 0 amide bonds. The number of rotatable bonds is 8. The van der Waals surface area contributed by atoms with Gasteiger partial charge in [0.15, 0.2) is 0 Å². The maximum atomic E-state index is 8.23. The number of hydrogen-bond donors (Lipinski definition) is 0. The SMILES string of the molecule is CC1=CN(c2c(C)cccc2C)[C@H](C)N1c1ccc2ncccc2c1C.Cc1c(N2C=CN(c3cccc4ccccc34)[C@@H]2C)ncc2ccccc12.Cc1c(N2C=CN(c3ccccc3)[C@@H]2C)ccc2cnccc12.[2H]C(C)(C)N1C=CN(c2cnc3ccccc3c2C)[C@H]1C. The van der Waals surface area contributed by atoms with Gasteiger partial charge in [0, 0.05) is 130 Å². The fraction of sp³-hybridized carbons (Fsp3) is 0.214. The minimum Gasteiger partial charge on any atom is -0.353 e. The van der Waals surface area contributed by atoms with Gasteiger partial charge in [-0.2, -0.15) is 0 Å². The molecule has 8 aromatic carbocycles. The number of anilines is 7. The van der Waals surface area contributed by atoms with Crippen LogP contribution in [0.2, 0.25) is 0 Å². The summed E-state index contributed by atoms with van der Waals surface area (Å²) in [7, 11) is 0. The van der Waals surface area contributed by atoms with Gasteiger partial charge in [0.05, 0.1) is 30.0 Å². The molecule has 0 saturated carbocycles. The number of aromatic nitrogens is 4. The molecule has 4 aromatic heterocycles. The molecule has 0 unspecified atom stereocenters. The smallest absolute Gasteiger partial charge is 0.137 e. The van der Waals surface area contributed by atoms with E-state index in [0.717, 1.165) is 22.5 Å². The zero-order chi connectivity index (χ0) is 67.8. The Morgan fingerprint density at radius 3 is 1.67 bits per heavy atom. The van der Waals surface area contributed by atoms with E-state index < -0.39 is 6.02 Å². The van der Waals surface area contributed by atoms with Crippen LogP contribution in [0.4, 0.5) is 39.9 Å². The van der Waals surface area contributed by atoms with Crippen molar-refractivity contribution < 1.29 is 1.37 Å². The third kappa shape index (κ3) is 12.1. The summed E-state index contributed by atoms with van der Waals surface area (Å²) in [5.41, 5.74) is 18.3. The minimum absolute atomic E-state index is 0.110. The van der Waals surface area contributed by atoms with E-state index in [1.807, 2.05) is 92.5 Å². The van der Waals surface area contributed by atoms with Crippen LogP contribution in [0.25, 0.3) is 54.1 Å². The second-order valence-electron chi connectivity index (χ2n) is 25.6. The molecular formula is C84H86N12. The summed E-state index contributed by atoms with van der Waals surface area (Å²) in [6.07, 6.45) is 25.2. The molecule has 4 aliphatic rings. The first-order valence-electron chi connectivity index (χ1n) is 33.8. The predicted octanol–water partition coefficient (Wildman–Crippen LogP) is 20.1. The lowest BCUT2D eigenvalue weighted by atomic mass is 10.0. The zero-order valence-corrected chi connectivity index (χ0v) is 57.4. The third-order valence-corrected chi connectivity index (χ3v) is 19.6. The van der Waals surface area contributed by atoms with Crippen molar-refractivity contribution in [1.82, 2.24) is 24.8 Å². The Morgan fingerprint density at radius 2 is 0.917 bits per heavy atom. The van der Waals surface area contributed by atoms with Gasteiger partial charge in [-0.25, -0.2) is 4.98 Å².